The Hall–Kier alpha value is -0.980. The largest absolute Gasteiger partial charge is 0.327 e. The van der Waals surface area contributed by atoms with Gasteiger partial charge in [0, 0.05) is 23.3 Å². The van der Waals surface area contributed by atoms with Crippen LogP contribution < -0.4 is 11.1 Å². The summed E-state index contributed by atoms with van der Waals surface area (Å²) in [4.78, 5) is 17.6. The summed E-state index contributed by atoms with van der Waals surface area (Å²) in [7, 11) is 1.86. The Bertz CT molecular complexity index is 366. The number of halogens is 1. The summed E-state index contributed by atoms with van der Waals surface area (Å²) in [6.07, 6.45) is 1.64. The van der Waals surface area contributed by atoms with Crippen LogP contribution in [0.2, 0.25) is 0 Å². The number of hydrogen-bond acceptors (Lipinski definition) is 4. The molecule has 6 heteroatoms. The fourth-order valence-corrected chi connectivity index (χ4v) is 1.67. The van der Waals surface area contributed by atoms with Crippen molar-refractivity contribution >= 4 is 27.7 Å². The lowest BCUT2D eigenvalue weighted by atomic mass is 10.3. The van der Waals surface area contributed by atoms with Gasteiger partial charge in [-0.25, -0.2) is 4.98 Å². The monoisotopic (exact) mass is 300 g/mol. The van der Waals surface area contributed by atoms with Crippen LogP contribution in [0.1, 0.15) is 6.92 Å². The van der Waals surface area contributed by atoms with Crippen LogP contribution in [0.15, 0.2) is 22.8 Å². The van der Waals surface area contributed by atoms with Crippen molar-refractivity contribution in [3.05, 3.63) is 22.8 Å². The van der Waals surface area contributed by atoms with Crippen LogP contribution in [0, 0.1) is 0 Å². The fourth-order valence-electron chi connectivity index (χ4n) is 1.43. The van der Waals surface area contributed by atoms with Gasteiger partial charge in [0.1, 0.15) is 5.82 Å². The van der Waals surface area contributed by atoms with Crippen LogP contribution in [0.5, 0.6) is 0 Å². The van der Waals surface area contributed by atoms with Gasteiger partial charge in [0.2, 0.25) is 5.91 Å². The quantitative estimate of drug-likeness (QED) is 0.853. The predicted molar refractivity (Wildman–Crippen MR) is 71.7 cm³/mol. The van der Waals surface area contributed by atoms with E-state index in [-0.39, 0.29) is 11.9 Å². The van der Waals surface area contributed by atoms with Crippen LogP contribution in [0.4, 0.5) is 5.82 Å². The van der Waals surface area contributed by atoms with E-state index in [2.05, 4.69) is 26.2 Å². The summed E-state index contributed by atoms with van der Waals surface area (Å²) in [6.45, 7) is 2.89. The van der Waals surface area contributed by atoms with E-state index >= 15 is 0 Å². The van der Waals surface area contributed by atoms with E-state index in [0.717, 1.165) is 4.47 Å². The minimum Gasteiger partial charge on any atom is -0.327 e. The topological polar surface area (TPSA) is 71.2 Å². The van der Waals surface area contributed by atoms with E-state index in [1.54, 1.807) is 12.3 Å². The van der Waals surface area contributed by atoms with Gasteiger partial charge in [-0.15, -0.1) is 0 Å². The number of likely N-dealkylation sites (N-methyl/N-ethyl adjacent to an activating group) is 1. The molecule has 3 N–H and O–H groups in total. The van der Waals surface area contributed by atoms with Gasteiger partial charge in [-0.1, -0.05) is 0 Å². The molecule has 0 aliphatic rings. The summed E-state index contributed by atoms with van der Waals surface area (Å²) in [5.74, 6) is 0.454. The Morgan fingerprint density at radius 1 is 1.65 bits per heavy atom. The van der Waals surface area contributed by atoms with Gasteiger partial charge >= 0.3 is 0 Å². The maximum atomic E-state index is 11.6. The molecule has 0 spiro atoms. The Morgan fingerprint density at radius 3 is 2.88 bits per heavy atom. The number of nitrogens with one attached hydrogen (secondary N) is 1. The minimum absolute atomic E-state index is 0.0543. The molecule has 0 aliphatic carbocycles. The molecule has 1 aromatic heterocycles. The van der Waals surface area contributed by atoms with E-state index in [0.29, 0.717) is 18.9 Å². The highest BCUT2D eigenvalue weighted by Gasteiger charge is 2.08. The fraction of sp³-hybridized carbons (Fsp3) is 0.455. The molecule has 1 heterocycles. The molecule has 0 fully saturated rings. The molecular formula is C11H17BrN4O. The summed E-state index contributed by atoms with van der Waals surface area (Å²) in [5, 5.41) is 2.72. The molecule has 0 aliphatic heterocycles. The second kappa shape index (κ2) is 6.68. The number of nitrogens with two attached hydrogens (primary N) is 1. The molecule has 94 valence electrons. The third-order valence-electron chi connectivity index (χ3n) is 2.01. The number of pyridine rings is 1. The summed E-state index contributed by atoms with van der Waals surface area (Å²) < 4.78 is 0.879. The lowest BCUT2D eigenvalue weighted by molar-refractivity contribution is -0.117. The Labute approximate surface area is 110 Å². The average Bonchev–Trinajstić information content (AvgIpc) is 2.19. The van der Waals surface area contributed by atoms with Crippen LogP contribution >= 0.6 is 15.9 Å². The summed E-state index contributed by atoms with van der Waals surface area (Å²) in [5.41, 5.74) is 5.65. The first-order valence-corrected chi connectivity index (χ1v) is 6.12. The maximum Gasteiger partial charge on any atom is 0.239 e. The normalized spacial score (nSPS) is 12.5. The smallest absolute Gasteiger partial charge is 0.239 e. The minimum atomic E-state index is -0.0945. The standard InChI is InChI=1S/C11H17BrN4O/c1-8(13)6-16(2)7-11(17)15-10-4-3-9(12)5-14-10/h3-5,8H,6-7,13H2,1-2H3,(H,14,15,17). The number of aromatic nitrogens is 1. The van der Waals surface area contributed by atoms with Crippen molar-refractivity contribution in [2.24, 2.45) is 5.73 Å². The molecule has 1 unspecified atom stereocenters. The number of carbonyl (C=O) groups excluding carboxylic acids is 1. The lowest BCUT2D eigenvalue weighted by Crippen LogP contribution is -2.37. The van der Waals surface area contributed by atoms with Crippen LogP contribution in [0.3, 0.4) is 0 Å². The molecule has 0 bridgehead atoms. The van der Waals surface area contributed by atoms with Gasteiger partial charge in [0.25, 0.3) is 0 Å². The van der Waals surface area contributed by atoms with Crippen molar-refractivity contribution in [3.8, 4) is 0 Å². The van der Waals surface area contributed by atoms with Gasteiger partial charge in [0.15, 0.2) is 0 Å². The first kappa shape index (κ1) is 14.1. The molecule has 1 rings (SSSR count). The van der Waals surface area contributed by atoms with Crippen molar-refractivity contribution in [1.82, 2.24) is 9.88 Å². The lowest BCUT2D eigenvalue weighted by Gasteiger charge is -2.17. The number of amides is 1. The second-order valence-electron chi connectivity index (χ2n) is 4.08. The SMILES string of the molecule is CC(N)CN(C)CC(=O)Nc1ccc(Br)cn1. The maximum absolute atomic E-state index is 11.6. The molecule has 0 radical (unpaired) electrons. The third kappa shape index (κ3) is 5.76. The Kier molecular flexibility index (Phi) is 5.54. The van der Waals surface area contributed by atoms with Crippen molar-refractivity contribution in [2.45, 2.75) is 13.0 Å². The molecule has 0 saturated carbocycles. The molecule has 1 atom stereocenters. The van der Waals surface area contributed by atoms with Crippen LogP contribution in [-0.4, -0.2) is 42.0 Å². The van der Waals surface area contributed by atoms with Crippen molar-refractivity contribution in [1.29, 1.82) is 0 Å². The summed E-state index contributed by atoms with van der Waals surface area (Å²) >= 11 is 3.28. The van der Waals surface area contributed by atoms with Crippen molar-refractivity contribution < 1.29 is 4.79 Å². The van der Waals surface area contributed by atoms with Gasteiger partial charge in [0.05, 0.1) is 6.54 Å². The van der Waals surface area contributed by atoms with E-state index in [9.17, 15) is 4.79 Å². The van der Waals surface area contributed by atoms with Gasteiger partial charge in [-0.05, 0) is 42.0 Å². The zero-order valence-electron chi connectivity index (χ0n) is 9.98. The third-order valence-corrected chi connectivity index (χ3v) is 2.48. The van der Waals surface area contributed by atoms with Gasteiger partial charge in [-0.3, -0.25) is 9.69 Å². The van der Waals surface area contributed by atoms with Crippen molar-refractivity contribution in [2.75, 3.05) is 25.5 Å². The molecule has 0 aromatic carbocycles. The highest BCUT2D eigenvalue weighted by atomic mass is 79.9. The average molecular weight is 301 g/mol. The number of rotatable bonds is 5. The van der Waals surface area contributed by atoms with Crippen molar-refractivity contribution in [3.63, 3.8) is 0 Å². The van der Waals surface area contributed by atoms with Gasteiger partial charge in [-0.2, -0.15) is 0 Å². The summed E-state index contributed by atoms with van der Waals surface area (Å²) in [6, 6.07) is 3.63. The molecule has 0 saturated heterocycles. The zero-order valence-corrected chi connectivity index (χ0v) is 11.6. The van der Waals surface area contributed by atoms with E-state index in [4.69, 9.17) is 5.73 Å². The molecule has 5 nitrogen and oxygen atoms in total. The number of hydrogen-bond donors (Lipinski definition) is 2. The number of carbonyl (C=O) groups is 1. The number of nitrogens with zero attached hydrogens (tertiary/aromatic N) is 2. The predicted octanol–water partition coefficient (Wildman–Crippen LogP) is 1.06. The van der Waals surface area contributed by atoms with Crippen LogP contribution in [0.25, 0.3) is 0 Å². The van der Waals surface area contributed by atoms with E-state index in [1.807, 2.05) is 24.9 Å². The zero-order chi connectivity index (χ0) is 12.8. The van der Waals surface area contributed by atoms with E-state index < -0.39 is 0 Å². The van der Waals surface area contributed by atoms with Crippen LogP contribution in [-0.2, 0) is 4.79 Å². The van der Waals surface area contributed by atoms with Gasteiger partial charge < -0.3 is 11.1 Å². The first-order valence-electron chi connectivity index (χ1n) is 5.33. The molecule has 1 aromatic rings. The first-order chi connectivity index (χ1) is 7.97. The molecule has 17 heavy (non-hydrogen) atoms. The highest BCUT2D eigenvalue weighted by molar-refractivity contribution is 9.10. The van der Waals surface area contributed by atoms with E-state index in [1.165, 1.54) is 0 Å². The molecular weight excluding hydrogens is 284 g/mol. The Balaban J connectivity index is 2.41. The number of anilines is 1. The Morgan fingerprint density at radius 2 is 2.35 bits per heavy atom. The highest BCUT2D eigenvalue weighted by Crippen LogP contribution is 2.10. The molecule has 1 amide bonds. The second-order valence-corrected chi connectivity index (χ2v) is 5.00.